The molecule has 17 heavy (non-hydrogen) atoms. The number of hydrogen-bond acceptors (Lipinski definition) is 3. The zero-order valence-corrected chi connectivity index (χ0v) is 10.8. The summed E-state index contributed by atoms with van der Waals surface area (Å²) in [6.07, 6.45) is 5.68. The average Bonchev–Trinajstić information content (AvgIpc) is 2.42. The molecule has 0 saturated carbocycles. The molecule has 2 rings (SSSR count). The summed E-state index contributed by atoms with van der Waals surface area (Å²) in [4.78, 5) is 6.42. The van der Waals surface area contributed by atoms with Gasteiger partial charge in [-0.1, -0.05) is 20.3 Å². The van der Waals surface area contributed by atoms with Gasteiger partial charge < -0.3 is 0 Å². The lowest BCUT2D eigenvalue weighted by molar-refractivity contribution is 0.221. The molecule has 0 spiro atoms. The van der Waals surface area contributed by atoms with Crippen LogP contribution in [0.1, 0.15) is 44.4 Å². The summed E-state index contributed by atoms with van der Waals surface area (Å²) in [5.74, 6) is 0. The molecule has 0 radical (unpaired) electrons. The first-order valence-corrected chi connectivity index (χ1v) is 6.46. The summed E-state index contributed by atoms with van der Waals surface area (Å²) in [6, 6.07) is 5.95. The minimum absolute atomic E-state index is 0.518. The van der Waals surface area contributed by atoms with Crippen molar-refractivity contribution in [1.29, 1.82) is 5.26 Å². The van der Waals surface area contributed by atoms with Gasteiger partial charge in [0.05, 0.1) is 0 Å². The first kappa shape index (κ1) is 13.7. The van der Waals surface area contributed by atoms with Crippen LogP contribution in [0.2, 0.25) is 0 Å². The molecular formula is C14H21N3. The second kappa shape index (κ2) is 7.81. The quantitative estimate of drug-likeness (QED) is 0.785. The molecule has 0 unspecified atom stereocenters. The van der Waals surface area contributed by atoms with Crippen LogP contribution in [0.25, 0.3) is 0 Å². The van der Waals surface area contributed by atoms with Gasteiger partial charge in [0.15, 0.2) is 0 Å². The van der Waals surface area contributed by atoms with Crippen LogP contribution in [0.5, 0.6) is 0 Å². The van der Waals surface area contributed by atoms with Crippen LogP contribution < -0.4 is 0 Å². The van der Waals surface area contributed by atoms with Gasteiger partial charge in [-0.15, -0.1) is 0 Å². The van der Waals surface area contributed by atoms with Crippen molar-refractivity contribution in [2.75, 3.05) is 13.1 Å². The van der Waals surface area contributed by atoms with Crippen LogP contribution in [-0.4, -0.2) is 23.0 Å². The molecule has 3 nitrogen and oxygen atoms in total. The highest BCUT2D eigenvalue weighted by Crippen LogP contribution is 2.12. The van der Waals surface area contributed by atoms with E-state index in [2.05, 4.69) is 16.0 Å². The van der Waals surface area contributed by atoms with Crippen molar-refractivity contribution < 1.29 is 0 Å². The van der Waals surface area contributed by atoms with Crippen molar-refractivity contribution in [2.24, 2.45) is 0 Å². The van der Waals surface area contributed by atoms with Gasteiger partial charge >= 0.3 is 0 Å². The maximum atomic E-state index is 8.74. The molecular weight excluding hydrogens is 210 g/mol. The van der Waals surface area contributed by atoms with Crippen LogP contribution in [0.15, 0.2) is 18.3 Å². The Balaban J connectivity index is 0.000000686. The molecule has 1 aromatic rings. The summed E-state index contributed by atoms with van der Waals surface area (Å²) >= 11 is 0. The fraction of sp³-hybridized carbons (Fsp3) is 0.571. The Kier molecular flexibility index (Phi) is 6.27. The van der Waals surface area contributed by atoms with Crippen molar-refractivity contribution in [3.8, 4) is 6.07 Å². The van der Waals surface area contributed by atoms with Crippen molar-refractivity contribution >= 4 is 0 Å². The van der Waals surface area contributed by atoms with E-state index in [-0.39, 0.29) is 0 Å². The van der Waals surface area contributed by atoms with Crippen LogP contribution in [-0.2, 0) is 6.54 Å². The van der Waals surface area contributed by atoms with E-state index in [9.17, 15) is 0 Å². The topological polar surface area (TPSA) is 39.9 Å². The van der Waals surface area contributed by atoms with Gasteiger partial charge in [-0.05, 0) is 43.6 Å². The lowest BCUT2D eigenvalue weighted by atomic mass is 10.1. The van der Waals surface area contributed by atoms with E-state index in [1.165, 1.54) is 37.9 Å². The zero-order valence-electron chi connectivity index (χ0n) is 10.8. The van der Waals surface area contributed by atoms with E-state index >= 15 is 0 Å². The van der Waals surface area contributed by atoms with E-state index in [0.717, 1.165) is 6.54 Å². The highest BCUT2D eigenvalue weighted by molar-refractivity contribution is 5.25. The summed E-state index contributed by atoms with van der Waals surface area (Å²) in [7, 11) is 0. The molecule has 0 atom stereocenters. The van der Waals surface area contributed by atoms with E-state index in [0.29, 0.717) is 5.69 Å². The molecule has 3 heteroatoms. The second-order valence-corrected chi connectivity index (χ2v) is 4.00. The fourth-order valence-corrected chi connectivity index (χ4v) is 2.01. The lowest BCUT2D eigenvalue weighted by Crippen LogP contribution is -2.29. The minimum Gasteiger partial charge on any atom is -0.299 e. The van der Waals surface area contributed by atoms with Crippen molar-refractivity contribution in [3.05, 3.63) is 29.6 Å². The molecule has 1 saturated heterocycles. The third kappa shape index (κ3) is 4.54. The molecule has 2 heterocycles. The zero-order chi connectivity index (χ0) is 12.5. The Labute approximate surface area is 104 Å². The Bertz CT molecular complexity index is 362. The number of piperidine rings is 1. The predicted octanol–water partition coefficient (Wildman–Crippen LogP) is 2.97. The molecule has 0 bridgehead atoms. The molecule has 1 aliphatic heterocycles. The predicted molar refractivity (Wildman–Crippen MR) is 69.4 cm³/mol. The van der Waals surface area contributed by atoms with E-state index in [1.807, 2.05) is 26.0 Å². The van der Waals surface area contributed by atoms with Crippen LogP contribution in [0, 0.1) is 11.3 Å². The molecule has 0 amide bonds. The maximum absolute atomic E-state index is 8.74. The normalized spacial score (nSPS) is 15.6. The largest absolute Gasteiger partial charge is 0.299 e. The Morgan fingerprint density at radius 1 is 1.29 bits per heavy atom. The van der Waals surface area contributed by atoms with E-state index < -0.39 is 0 Å². The van der Waals surface area contributed by atoms with Crippen LogP contribution in [0.4, 0.5) is 0 Å². The number of aromatic nitrogens is 1. The summed E-state index contributed by atoms with van der Waals surface area (Å²) in [5.41, 5.74) is 1.72. The van der Waals surface area contributed by atoms with Crippen molar-refractivity contribution in [2.45, 2.75) is 39.7 Å². The number of pyridine rings is 1. The Hall–Kier alpha value is -1.40. The van der Waals surface area contributed by atoms with E-state index in [4.69, 9.17) is 5.26 Å². The van der Waals surface area contributed by atoms with Gasteiger partial charge in [0, 0.05) is 12.7 Å². The third-order valence-corrected chi connectivity index (χ3v) is 2.79. The number of likely N-dealkylation sites (tertiary alicyclic amines) is 1. The van der Waals surface area contributed by atoms with Crippen LogP contribution >= 0.6 is 0 Å². The Morgan fingerprint density at radius 3 is 2.65 bits per heavy atom. The first-order chi connectivity index (χ1) is 8.38. The van der Waals surface area contributed by atoms with Gasteiger partial charge in [-0.3, -0.25) is 4.90 Å². The second-order valence-electron chi connectivity index (χ2n) is 4.00. The van der Waals surface area contributed by atoms with Crippen LogP contribution in [0.3, 0.4) is 0 Å². The molecule has 1 fully saturated rings. The average molecular weight is 231 g/mol. The van der Waals surface area contributed by atoms with Gasteiger partial charge in [0.1, 0.15) is 11.8 Å². The van der Waals surface area contributed by atoms with Gasteiger partial charge in [-0.25, -0.2) is 4.98 Å². The van der Waals surface area contributed by atoms with Gasteiger partial charge in [-0.2, -0.15) is 5.26 Å². The van der Waals surface area contributed by atoms with Gasteiger partial charge in [0.25, 0.3) is 0 Å². The highest BCUT2D eigenvalue weighted by atomic mass is 15.1. The number of rotatable bonds is 2. The number of nitriles is 1. The molecule has 0 aromatic carbocycles. The Morgan fingerprint density at radius 2 is 2.00 bits per heavy atom. The third-order valence-electron chi connectivity index (χ3n) is 2.79. The maximum Gasteiger partial charge on any atom is 0.140 e. The monoisotopic (exact) mass is 231 g/mol. The number of nitrogens with zero attached hydrogens (tertiary/aromatic N) is 3. The molecule has 0 aliphatic carbocycles. The van der Waals surface area contributed by atoms with Crippen molar-refractivity contribution in [1.82, 2.24) is 9.88 Å². The summed E-state index contributed by atoms with van der Waals surface area (Å²) in [6.45, 7) is 7.33. The van der Waals surface area contributed by atoms with Gasteiger partial charge in [0.2, 0.25) is 0 Å². The molecule has 92 valence electrons. The SMILES string of the molecule is CC.N#Cc1cc(CN2CCCCC2)ccn1. The molecule has 1 aliphatic rings. The smallest absolute Gasteiger partial charge is 0.140 e. The standard InChI is InChI=1S/C12H15N3.C2H6/c13-9-12-8-11(4-5-14-12)10-15-6-2-1-3-7-15;1-2/h4-5,8H,1-3,6-7,10H2;1-2H3. The fourth-order valence-electron chi connectivity index (χ4n) is 2.01. The van der Waals surface area contributed by atoms with E-state index in [1.54, 1.807) is 6.20 Å². The first-order valence-electron chi connectivity index (χ1n) is 6.46. The highest BCUT2D eigenvalue weighted by Gasteiger charge is 2.10. The van der Waals surface area contributed by atoms with Crippen molar-refractivity contribution in [3.63, 3.8) is 0 Å². The molecule has 0 N–H and O–H groups in total. The minimum atomic E-state index is 0.518. The summed E-state index contributed by atoms with van der Waals surface area (Å²) < 4.78 is 0. The molecule has 1 aromatic heterocycles. The number of hydrogen-bond donors (Lipinski definition) is 0. The lowest BCUT2D eigenvalue weighted by Gasteiger charge is -2.26. The summed E-state index contributed by atoms with van der Waals surface area (Å²) in [5, 5.41) is 8.74.